The van der Waals surface area contributed by atoms with Crippen LogP contribution in [0.25, 0.3) is 28.9 Å². The summed E-state index contributed by atoms with van der Waals surface area (Å²) in [6, 6.07) is 11.4. The first kappa shape index (κ1) is 17.8. The summed E-state index contributed by atoms with van der Waals surface area (Å²) in [5, 5.41) is 13.9. The van der Waals surface area contributed by atoms with Gasteiger partial charge >= 0.3 is 0 Å². The topological polar surface area (TPSA) is 68.4 Å². The van der Waals surface area contributed by atoms with Crippen LogP contribution in [0.4, 0.5) is 0 Å². The fourth-order valence-corrected chi connectivity index (χ4v) is 3.31. The Labute approximate surface area is 162 Å². The molecular formula is C21H19ClN2O3. The lowest BCUT2D eigenvalue weighted by Gasteiger charge is -2.11. The van der Waals surface area contributed by atoms with Gasteiger partial charge in [0.05, 0.1) is 17.7 Å². The van der Waals surface area contributed by atoms with Crippen molar-refractivity contribution in [3.05, 3.63) is 58.1 Å². The van der Waals surface area contributed by atoms with Gasteiger partial charge in [-0.3, -0.25) is 0 Å². The number of benzene rings is 2. The predicted octanol–water partition coefficient (Wildman–Crippen LogP) is 4.78. The monoisotopic (exact) mass is 382 g/mol. The van der Waals surface area contributed by atoms with Gasteiger partial charge in [-0.1, -0.05) is 35.0 Å². The lowest BCUT2D eigenvalue weighted by Crippen LogP contribution is -2.05. The molecule has 3 aromatic rings. The number of fused-ring (bicyclic) bond motifs is 1. The van der Waals surface area contributed by atoms with Crippen LogP contribution in [0, 0.1) is 0 Å². The van der Waals surface area contributed by atoms with Crippen molar-refractivity contribution in [2.24, 2.45) is 0 Å². The molecule has 138 valence electrons. The SMILES string of the molecule is CC(C)Oc1ccc(-c2nc(-c3ccc4c(c3)C=C(CO)C4)no2)cc1Cl. The number of nitrogens with zero attached hydrogens (tertiary/aromatic N) is 2. The Balaban J connectivity index is 1.61. The summed E-state index contributed by atoms with van der Waals surface area (Å²) in [5.41, 5.74) is 4.89. The molecule has 0 saturated carbocycles. The second kappa shape index (κ2) is 7.18. The molecule has 1 heterocycles. The lowest BCUT2D eigenvalue weighted by molar-refractivity contribution is 0.242. The molecule has 1 aromatic heterocycles. The lowest BCUT2D eigenvalue weighted by atomic mass is 10.1. The van der Waals surface area contributed by atoms with Crippen LogP contribution in [-0.2, 0) is 6.42 Å². The number of ether oxygens (including phenoxy) is 1. The van der Waals surface area contributed by atoms with Gasteiger partial charge in [-0.2, -0.15) is 4.98 Å². The van der Waals surface area contributed by atoms with Gasteiger partial charge in [-0.05, 0) is 61.2 Å². The normalized spacial score (nSPS) is 13.0. The number of rotatable bonds is 5. The van der Waals surface area contributed by atoms with Crippen LogP contribution in [-0.4, -0.2) is 28.0 Å². The molecule has 0 atom stereocenters. The van der Waals surface area contributed by atoms with Gasteiger partial charge in [0, 0.05) is 11.1 Å². The van der Waals surface area contributed by atoms with E-state index in [0.717, 1.165) is 28.7 Å². The Bertz CT molecular complexity index is 1020. The van der Waals surface area contributed by atoms with Crippen molar-refractivity contribution < 1.29 is 14.4 Å². The molecule has 27 heavy (non-hydrogen) atoms. The molecule has 6 heteroatoms. The molecular weight excluding hydrogens is 364 g/mol. The van der Waals surface area contributed by atoms with Gasteiger partial charge in [0.15, 0.2) is 0 Å². The van der Waals surface area contributed by atoms with E-state index in [4.69, 9.17) is 20.9 Å². The largest absolute Gasteiger partial charge is 0.489 e. The van der Waals surface area contributed by atoms with Gasteiger partial charge in [0.2, 0.25) is 5.82 Å². The predicted molar refractivity (Wildman–Crippen MR) is 105 cm³/mol. The first-order chi connectivity index (χ1) is 13.0. The molecule has 0 amide bonds. The molecule has 0 fully saturated rings. The van der Waals surface area contributed by atoms with Crippen LogP contribution in [0.1, 0.15) is 25.0 Å². The molecule has 0 spiro atoms. The maximum absolute atomic E-state index is 9.32. The smallest absolute Gasteiger partial charge is 0.258 e. The van der Waals surface area contributed by atoms with E-state index in [1.807, 2.05) is 44.2 Å². The van der Waals surface area contributed by atoms with Crippen molar-refractivity contribution in [3.8, 4) is 28.6 Å². The number of halogens is 1. The highest BCUT2D eigenvalue weighted by Gasteiger charge is 2.16. The fraction of sp³-hybridized carbons (Fsp3) is 0.238. The molecule has 0 unspecified atom stereocenters. The van der Waals surface area contributed by atoms with Crippen molar-refractivity contribution in [1.82, 2.24) is 10.1 Å². The van der Waals surface area contributed by atoms with Crippen LogP contribution < -0.4 is 4.74 Å². The van der Waals surface area contributed by atoms with Gasteiger partial charge in [-0.25, -0.2) is 0 Å². The van der Waals surface area contributed by atoms with E-state index in [-0.39, 0.29) is 12.7 Å². The average Bonchev–Trinajstić information content (AvgIpc) is 3.29. The number of aliphatic hydroxyl groups excluding tert-OH is 1. The van der Waals surface area contributed by atoms with Gasteiger partial charge < -0.3 is 14.4 Å². The first-order valence-corrected chi connectivity index (χ1v) is 9.15. The zero-order valence-corrected chi connectivity index (χ0v) is 15.8. The highest BCUT2D eigenvalue weighted by Crippen LogP contribution is 2.32. The van der Waals surface area contributed by atoms with Crippen molar-refractivity contribution >= 4 is 17.7 Å². The number of aliphatic hydroxyl groups is 1. The van der Waals surface area contributed by atoms with E-state index >= 15 is 0 Å². The zero-order valence-electron chi connectivity index (χ0n) is 15.1. The summed E-state index contributed by atoms with van der Waals surface area (Å²) in [7, 11) is 0. The Kier molecular flexibility index (Phi) is 4.72. The van der Waals surface area contributed by atoms with E-state index in [9.17, 15) is 5.11 Å². The van der Waals surface area contributed by atoms with E-state index in [0.29, 0.717) is 22.5 Å². The third-order valence-corrected chi connectivity index (χ3v) is 4.65. The Hall–Kier alpha value is -2.63. The highest BCUT2D eigenvalue weighted by atomic mass is 35.5. The maximum atomic E-state index is 9.32. The van der Waals surface area contributed by atoms with Crippen molar-refractivity contribution in [2.75, 3.05) is 6.61 Å². The second-order valence-corrected chi connectivity index (χ2v) is 7.19. The van der Waals surface area contributed by atoms with Gasteiger partial charge in [0.1, 0.15) is 5.75 Å². The summed E-state index contributed by atoms with van der Waals surface area (Å²) in [6.07, 6.45) is 2.84. The van der Waals surface area contributed by atoms with E-state index in [1.54, 1.807) is 12.1 Å². The molecule has 1 aliphatic rings. The van der Waals surface area contributed by atoms with E-state index < -0.39 is 0 Å². The third-order valence-electron chi connectivity index (χ3n) is 4.35. The van der Waals surface area contributed by atoms with Crippen LogP contribution in [0.15, 0.2) is 46.5 Å². The van der Waals surface area contributed by atoms with Crippen LogP contribution in [0.3, 0.4) is 0 Å². The molecule has 0 saturated heterocycles. The number of hydrogen-bond donors (Lipinski definition) is 1. The second-order valence-electron chi connectivity index (χ2n) is 6.79. The summed E-state index contributed by atoms with van der Waals surface area (Å²) in [4.78, 5) is 4.50. The maximum Gasteiger partial charge on any atom is 0.258 e. The molecule has 0 aliphatic heterocycles. The van der Waals surface area contributed by atoms with Crippen LogP contribution in [0.2, 0.25) is 5.02 Å². The molecule has 0 radical (unpaired) electrons. The van der Waals surface area contributed by atoms with Gasteiger partial charge in [-0.15, -0.1) is 0 Å². The molecule has 4 rings (SSSR count). The summed E-state index contributed by atoms with van der Waals surface area (Å²) in [5.74, 6) is 1.53. The minimum atomic E-state index is 0.0450. The van der Waals surface area contributed by atoms with Crippen LogP contribution in [0.5, 0.6) is 5.75 Å². The van der Waals surface area contributed by atoms with Crippen molar-refractivity contribution in [2.45, 2.75) is 26.4 Å². The Morgan fingerprint density at radius 1 is 1.19 bits per heavy atom. The molecule has 2 aromatic carbocycles. The molecule has 1 aliphatic carbocycles. The van der Waals surface area contributed by atoms with Crippen molar-refractivity contribution in [1.29, 1.82) is 0 Å². The fourth-order valence-electron chi connectivity index (χ4n) is 3.09. The quantitative estimate of drug-likeness (QED) is 0.688. The average molecular weight is 383 g/mol. The Morgan fingerprint density at radius 3 is 2.74 bits per heavy atom. The van der Waals surface area contributed by atoms with Crippen LogP contribution >= 0.6 is 11.6 Å². The van der Waals surface area contributed by atoms with E-state index in [2.05, 4.69) is 10.1 Å². The first-order valence-electron chi connectivity index (χ1n) is 8.77. The summed E-state index contributed by atoms with van der Waals surface area (Å²) in [6.45, 7) is 3.97. The zero-order chi connectivity index (χ0) is 19.0. The molecule has 0 bridgehead atoms. The van der Waals surface area contributed by atoms with Gasteiger partial charge in [0.25, 0.3) is 5.89 Å². The molecule has 5 nitrogen and oxygen atoms in total. The summed E-state index contributed by atoms with van der Waals surface area (Å²) < 4.78 is 11.1. The van der Waals surface area contributed by atoms with E-state index in [1.165, 1.54) is 5.56 Å². The standard InChI is InChI=1S/C21H19ClN2O3/c1-12(2)26-19-6-5-16(10-18(19)22)21-23-20(24-27-21)15-4-3-14-7-13(11-25)8-17(14)9-15/h3-6,8-10,12,25H,7,11H2,1-2H3. The number of hydrogen-bond acceptors (Lipinski definition) is 5. The minimum absolute atomic E-state index is 0.0450. The Morgan fingerprint density at radius 2 is 2.00 bits per heavy atom. The number of aromatic nitrogens is 2. The summed E-state index contributed by atoms with van der Waals surface area (Å²) >= 11 is 6.30. The third kappa shape index (κ3) is 3.61. The molecule has 1 N–H and O–H groups in total. The highest BCUT2D eigenvalue weighted by molar-refractivity contribution is 6.32. The van der Waals surface area contributed by atoms with Crippen molar-refractivity contribution in [3.63, 3.8) is 0 Å². The minimum Gasteiger partial charge on any atom is -0.489 e.